The average molecular weight is 381 g/mol. The second kappa shape index (κ2) is 8.45. The molecule has 26 heavy (non-hydrogen) atoms. The maximum Gasteiger partial charge on any atom is 0.255 e. The smallest absolute Gasteiger partial charge is 0.255 e. The molecular formula is C18H27N3O4S. The van der Waals surface area contributed by atoms with E-state index < -0.39 is 10.0 Å². The van der Waals surface area contributed by atoms with Crippen LogP contribution < -0.4 is 10.5 Å². The number of pyridine rings is 1. The van der Waals surface area contributed by atoms with Crippen LogP contribution in [0.4, 0.5) is 5.69 Å². The fourth-order valence-corrected chi connectivity index (χ4v) is 4.38. The number of amides is 1. The van der Waals surface area contributed by atoms with Crippen molar-refractivity contribution in [3.05, 3.63) is 18.3 Å². The normalized spacial score (nSPS) is 25.0. The van der Waals surface area contributed by atoms with Gasteiger partial charge >= 0.3 is 0 Å². The Balaban J connectivity index is 1.66. The van der Waals surface area contributed by atoms with Crippen LogP contribution in [-0.4, -0.2) is 31.5 Å². The van der Waals surface area contributed by atoms with Crippen molar-refractivity contribution in [3.8, 4) is 0 Å². The van der Waals surface area contributed by atoms with Crippen molar-refractivity contribution in [3.63, 3.8) is 0 Å². The molecule has 2 unspecified atom stereocenters. The van der Waals surface area contributed by atoms with Crippen molar-refractivity contribution in [1.82, 2.24) is 4.98 Å². The van der Waals surface area contributed by atoms with Gasteiger partial charge in [0.2, 0.25) is 5.91 Å². The molecule has 3 rings (SSSR count). The molecule has 2 saturated carbocycles. The Morgan fingerprint density at radius 1 is 1.12 bits per heavy atom. The molecule has 2 aliphatic carbocycles. The Morgan fingerprint density at radius 2 is 1.81 bits per heavy atom. The Bertz CT molecular complexity index is 732. The van der Waals surface area contributed by atoms with E-state index in [1.807, 2.05) is 0 Å². The van der Waals surface area contributed by atoms with Gasteiger partial charge in [-0.15, -0.1) is 0 Å². The predicted octanol–water partition coefficient (Wildman–Crippen LogP) is 2.58. The number of anilines is 1. The highest BCUT2D eigenvalue weighted by atomic mass is 32.2. The molecule has 1 aromatic rings. The number of hydrogen-bond acceptors (Lipinski definition) is 5. The number of nitrogens with zero attached hydrogens (tertiary/aromatic N) is 1. The Kier molecular flexibility index (Phi) is 6.26. The van der Waals surface area contributed by atoms with E-state index in [2.05, 4.69) is 10.3 Å². The van der Waals surface area contributed by atoms with Crippen LogP contribution in [-0.2, 0) is 19.6 Å². The molecule has 7 nitrogen and oxygen atoms in total. The van der Waals surface area contributed by atoms with Crippen molar-refractivity contribution < 1.29 is 17.9 Å². The molecule has 0 saturated heterocycles. The van der Waals surface area contributed by atoms with Crippen molar-refractivity contribution >= 4 is 21.6 Å². The molecule has 144 valence electrons. The lowest BCUT2D eigenvalue weighted by molar-refractivity contribution is -0.131. The standard InChI is InChI=1S/C18H27N3O4S/c19-26(23,24)17-12-13(10-11-20-17)21-18(22)15-8-4-5-9-16(15)25-14-6-2-1-3-7-14/h10-12,14-16H,1-9H2,(H2,19,23,24)(H,20,21,22). The van der Waals surface area contributed by atoms with Crippen molar-refractivity contribution in [2.24, 2.45) is 11.1 Å². The molecule has 2 fully saturated rings. The quantitative estimate of drug-likeness (QED) is 0.814. The lowest BCUT2D eigenvalue weighted by atomic mass is 9.85. The van der Waals surface area contributed by atoms with E-state index in [1.165, 1.54) is 31.5 Å². The SMILES string of the molecule is NS(=O)(=O)c1cc(NC(=O)C2CCCCC2OC2CCCCC2)ccn1. The molecular weight excluding hydrogens is 354 g/mol. The zero-order chi connectivity index (χ0) is 18.6. The topological polar surface area (TPSA) is 111 Å². The highest BCUT2D eigenvalue weighted by molar-refractivity contribution is 7.89. The molecule has 3 N–H and O–H groups in total. The lowest BCUT2D eigenvalue weighted by Crippen LogP contribution is -2.39. The molecule has 2 atom stereocenters. The summed E-state index contributed by atoms with van der Waals surface area (Å²) >= 11 is 0. The second-order valence-corrected chi connectivity index (χ2v) is 8.75. The minimum Gasteiger partial charge on any atom is -0.374 e. The monoisotopic (exact) mass is 381 g/mol. The third kappa shape index (κ3) is 5.02. The molecule has 0 radical (unpaired) electrons. The summed E-state index contributed by atoms with van der Waals surface area (Å²) in [6, 6.07) is 2.85. The fraction of sp³-hybridized carbons (Fsp3) is 0.667. The summed E-state index contributed by atoms with van der Waals surface area (Å²) in [4.78, 5) is 16.5. The number of carbonyl (C=O) groups is 1. The van der Waals surface area contributed by atoms with Crippen molar-refractivity contribution in [1.29, 1.82) is 0 Å². The van der Waals surface area contributed by atoms with Crippen molar-refractivity contribution in [2.45, 2.75) is 75.0 Å². The van der Waals surface area contributed by atoms with Gasteiger partial charge in [0.25, 0.3) is 10.0 Å². The predicted molar refractivity (Wildman–Crippen MR) is 97.9 cm³/mol. The maximum absolute atomic E-state index is 12.8. The average Bonchev–Trinajstić information content (AvgIpc) is 2.62. The molecule has 0 aliphatic heterocycles. The van der Waals surface area contributed by atoms with Gasteiger partial charge in [-0.2, -0.15) is 0 Å². The summed E-state index contributed by atoms with van der Waals surface area (Å²) < 4.78 is 29.1. The highest BCUT2D eigenvalue weighted by Crippen LogP contribution is 2.32. The molecule has 8 heteroatoms. The third-order valence-corrected chi connectivity index (χ3v) is 6.06. The maximum atomic E-state index is 12.8. The lowest BCUT2D eigenvalue weighted by Gasteiger charge is -2.34. The molecule has 2 aliphatic rings. The summed E-state index contributed by atoms with van der Waals surface area (Å²) in [5.41, 5.74) is 0.385. The molecule has 1 amide bonds. The van der Waals surface area contributed by atoms with E-state index >= 15 is 0 Å². The largest absolute Gasteiger partial charge is 0.374 e. The third-order valence-electron chi connectivity index (χ3n) is 5.25. The number of carbonyl (C=O) groups excluding carboxylic acids is 1. The number of rotatable bonds is 5. The van der Waals surface area contributed by atoms with Crippen LogP contribution in [0.15, 0.2) is 23.4 Å². The van der Waals surface area contributed by atoms with Gasteiger partial charge in [-0.05, 0) is 31.7 Å². The van der Waals surface area contributed by atoms with Gasteiger partial charge < -0.3 is 10.1 Å². The number of nitrogens with two attached hydrogens (primary N) is 1. The van der Waals surface area contributed by atoms with Crippen LogP contribution in [0.1, 0.15) is 57.8 Å². The summed E-state index contributed by atoms with van der Waals surface area (Å²) in [6.45, 7) is 0. The summed E-state index contributed by atoms with van der Waals surface area (Å²) in [6.07, 6.45) is 11.1. The van der Waals surface area contributed by atoms with Crippen molar-refractivity contribution in [2.75, 3.05) is 5.32 Å². The zero-order valence-corrected chi connectivity index (χ0v) is 15.7. The van der Waals surface area contributed by atoms with Crippen LogP contribution in [0.2, 0.25) is 0 Å². The first-order valence-electron chi connectivity index (χ1n) is 9.38. The first kappa shape index (κ1) is 19.3. The number of nitrogens with one attached hydrogen (secondary N) is 1. The van der Waals surface area contributed by atoms with E-state index in [1.54, 1.807) is 6.07 Å². The first-order valence-corrected chi connectivity index (χ1v) is 10.9. The van der Waals surface area contributed by atoms with Crippen LogP contribution in [0.25, 0.3) is 0 Å². The van der Waals surface area contributed by atoms with E-state index in [-0.39, 0.29) is 29.1 Å². The zero-order valence-electron chi connectivity index (χ0n) is 14.9. The van der Waals surface area contributed by atoms with Gasteiger partial charge in [-0.25, -0.2) is 18.5 Å². The number of sulfonamides is 1. The summed E-state index contributed by atoms with van der Waals surface area (Å²) in [5, 5.41) is 7.66. The number of ether oxygens (including phenoxy) is 1. The minimum atomic E-state index is -3.90. The summed E-state index contributed by atoms with van der Waals surface area (Å²) in [7, 11) is -3.90. The molecule has 0 spiro atoms. The number of hydrogen-bond donors (Lipinski definition) is 2. The number of aromatic nitrogens is 1. The van der Waals surface area contributed by atoms with E-state index in [0.717, 1.165) is 38.5 Å². The molecule has 0 aromatic carbocycles. The Labute approximate surface area is 154 Å². The van der Waals surface area contributed by atoms with E-state index in [4.69, 9.17) is 9.88 Å². The van der Waals surface area contributed by atoms with Gasteiger partial charge in [0, 0.05) is 18.0 Å². The fourth-order valence-electron chi connectivity index (χ4n) is 3.89. The first-order chi connectivity index (χ1) is 12.4. The van der Waals surface area contributed by atoms with Crippen LogP contribution in [0.3, 0.4) is 0 Å². The minimum absolute atomic E-state index is 0.0635. The van der Waals surface area contributed by atoms with Crippen LogP contribution in [0.5, 0.6) is 0 Å². The highest BCUT2D eigenvalue weighted by Gasteiger charge is 2.33. The Hall–Kier alpha value is -1.51. The van der Waals surface area contributed by atoms with Crippen LogP contribution in [0, 0.1) is 5.92 Å². The van der Waals surface area contributed by atoms with Gasteiger partial charge in [0.1, 0.15) is 0 Å². The van der Waals surface area contributed by atoms with Gasteiger partial charge in [-0.3, -0.25) is 4.79 Å². The van der Waals surface area contributed by atoms with E-state index in [9.17, 15) is 13.2 Å². The second-order valence-electron chi connectivity index (χ2n) is 7.24. The molecule has 0 bridgehead atoms. The number of primary sulfonamides is 1. The van der Waals surface area contributed by atoms with Gasteiger partial charge in [0.15, 0.2) is 5.03 Å². The summed E-state index contributed by atoms with van der Waals surface area (Å²) in [5.74, 6) is -0.339. The van der Waals surface area contributed by atoms with Gasteiger partial charge in [-0.1, -0.05) is 32.1 Å². The van der Waals surface area contributed by atoms with E-state index in [0.29, 0.717) is 5.69 Å². The molecule has 1 aromatic heterocycles. The van der Waals surface area contributed by atoms with Crippen LogP contribution >= 0.6 is 0 Å². The Morgan fingerprint density at radius 3 is 2.54 bits per heavy atom. The van der Waals surface area contributed by atoms with Gasteiger partial charge in [0.05, 0.1) is 18.1 Å². The molecule has 1 heterocycles.